The maximum absolute atomic E-state index is 12.9. The highest BCUT2D eigenvalue weighted by Gasteiger charge is 2.19. The van der Waals surface area contributed by atoms with Crippen molar-refractivity contribution < 1.29 is 28.6 Å². The first-order valence-corrected chi connectivity index (χ1v) is 33.7. The standard InChI is InChI=1S/C73H126O6/c1-4-7-10-13-16-19-22-25-28-29-30-31-32-33-34-35-36-37-38-39-40-41-42-43-46-48-51-54-57-60-63-66-72(75)78-69-70(79-73(76)67-64-61-58-55-52-49-45-27-24-21-18-15-12-9-6-3)68-77-71(74)65-62-59-56-53-50-47-44-26-23-20-17-14-11-8-5-2/h7,10,16,19,25-28,30-31,33-34,36-37,44-45,70H,4-6,8-9,11-15,17-18,20-24,29,32,35,38-43,46-69H2,1-3H3/b10-7-,19-16-,28-25-,31-30-,34-33-,37-36-,44-26-,45-27-. The zero-order valence-corrected chi connectivity index (χ0v) is 52.1. The second kappa shape index (κ2) is 66.8. The molecule has 6 heteroatoms. The molecule has 0 saturated carbocycles. The molecule has 0 N–H and O–H groups in total. The summed E-state index contributed by atoms with van der Waals surface area (Å²) in [6, 6.07) is 0. The molecule has 0 spiro atoms. The molecule has 0 aromatic carbocycles. The summed E-state index contributed by atoms with van der Waals surface area (Å²) in [4.78, 5) is 38.3. The number of hydrogen-bond donors (Lipinski definition) is 0. The van der Waals surface area contributed by atoms with Crippen LogP contribution in [0, 0.1) is 0 Å². The molecule has 0 fully saturated rings. The van der Waals surface area contributed by atoms with Gasteiger partial charge >= 0.3 is 17.9 Å². The van der Waals surface area contributed by atoms with Gasteiger partial charge in [-0.2, -0.15) is 0 Å². The van der Waals surface area contributed by atoms with Crippen molar-refractivity contribution in [3.8, 4) is 0 Å². The van der Waals surface area contributed by atoms with Crippen molar-refractivity contribution in [2.45, 2.75) is 335 Å². The van der Waals surface area contributed by atoms with Crippen molar-refractivity contribution in [3.05, 3.63) is 97.2 Å². The lowest BCUT2D eigenvalue weighted by Gasteiger charge is -2.18. The molecule has 0 aliphatic carbocycles. The van der Waals surface area contributed by atoms with Gasteiger partial charge in [0, 0.05) is 19.3 Å². The molecule has 0 aliphatic rings. The Hall–Kier alpha value is -3.67. The summed E-state index contributed by atoms with van der Waals surface area (Å²) in [7, 11) is 0. The van der Waals surface area contributed by atoms with Gasteiger partial charge in [-0.25, -0.2) is 0 Å². The van der Waals surface area contributed by atoms with E-state index in [-0.39, 0.29) is 31.1 Å². The highest BCUT2D eigenvalue weighted by atomic mass is 16.6. The maximum atomic E-state index is 12.9. The Balaban J connectivity index is 4.25. The van der Waals surface area contributed by atoms with Gasteiger partial charge < -0.3 is 14.2 Å². The van der Waals surface area contributed by atoms with Gasteiger partial charge in [0.05, 0.1) is 0 Å². The number of rotatable bonds is 61. The van der Waals surface area contributed by atoms with Gasteiger partial charge in [0.15, 0.2) is 6.10 Å². The molecular weight excluding hydrogens is 973 g/mol. The lowest BCUT2D eigenvalue weighted by molar-refractivity contribution is -0.167. The minimum Gasteiger partial charge on any atom is -0.462 e. The van der Waals surface area contributed by atoms with Crippen LogP contribution in [0.15, 0.2) is 97.2 Å². The van der Waals surface area contributed by atoms with E-state index in [0.717, 1.165) is 116 Å². The van der Waals surface area contributed by atoms with Gasteiger partial charge in [-0.3, -0.25) is 14.4 Å². The number of esters is 3. The molecule has 6 nitrogen and oxygen atoms in total. The van der Waals surface area contributed by atoms with Gasteiger partial charge in [0.25, 0.3) is 0 Å². The van der Waals surface area contributed by atoms with Crippen molar-refractivity contribution in [2.24, 2.45) is 0 Å². The van der Waals surface area contributed by atoms with Crippen LogP contribution in [0.25, 0.3) is 0 Å². The molecule has 1 unspecified atom stereocenters. The van der Waals surface area contributed by atoms with Crippen molar-refractivity contribution in [2.75, 3.05) is 13.2 Å². The monoisotopic (exact) mass is 1100 g/mol. The Bertz CT molecular complexity index is 1540. The smallest absolute Gasteiger partial charge is 0.306 e. The van der Waals surface area contributed by atoms with Crippen LogP contribution in [0.1, 0.15) is 329 Å². The maximum Gasteiger partial charge on any atom is 0.306 e. The normalized spacial score (nSPS) is 12.7. The highest BCUT2D eigenvalue weighted by molar-refractivity contribution is 5.71. The summed E-state index contributed by atoms with van der Waals surface area (Å²) in [6.07, 6.45) is 89.9. The first-order valence-electron chi connectivity index (χ1n) is 33.7. The molecule has 0 rings (SSSR count). The van der Waals surface area contributed by atoms with E-state index in [2.05, 4.69) is 118 Å². The molecule has 0 bridgehead atoms. The molecule has 1 atom stereocenters. The van der Waals surface area contributed by atoms with Crippen LogP contribution < -0.4 is 0 Å². The minimum atomic E-state index is -0.786. The molecule has 0 aliphatic heterocycles. The summed E-state index contributed by atoms with van der Waals surface area (Å²) >= 11 is 0. The largest absolute Gasteiger partial charge is 0.462 e. The quantitative estimate of drug-likeness (QED) is 0.0261. The van der Waals surface area contributed by atoms with E-state index in [4.69, 9.17) is 14.2 Å². The fourth-order valence-corrected chi connectivity index (χ4v) is 9.50. The predicted octanol–water partition coefficient (Wildman–Crippen LogP) is 23.2. The van der Waals surface area contributed by atoms with Crippen LogP contribution >= 0.6 is 0 Å². The van der Waals surface area contributed by atoms with Crippen LogP contribution in [0.5, 0.6) is 0 Å². The van der Waals surface area contributed by atoms with Crippen molar-refractivity contribution in [3.63, 3.8) is 0 Å². The topological polar surface area (TPSA) is 78.9 Å². The van der Waals surface area contributed by atoms with Crippen molar-refractivity contribution in [1.29, 1.82) is 0 Å². The number of hydrogen-bond acceptors (Lipinski definition) is 6. The zero-order chi connectivity index (χ0) is 57.1. The Morgan fingerprint density at radius 3 is 0.785 bits per heavy atom. The number of allylic oxidation sites excluding steroid dienone is 16. The van der Waals surface area contributed by atoms with Gasteiger partial charge in [-0.1, -0.05) is 285 Å². The van der Waals surface area contributed by atoms with E-state index in [1.807, 2.05) is 0 Å². The third kappa shape index (κ3) is 65.0. The summed E-state index contributed by atoms with van der Waals surface area (Å²) in [5.41, 5.74) is 0. The number of carbonyl (C=O) groups excluding carboxylic acids is 3. The zero-order valence-electron chi connectivity index (χ0n) is 52.1. The first kappa shape index (κ1) is 75.3. The van der Waals surface area contributed by atoms with Crippen LogP contribution in [-0.2, 0) is 28.6 Å². The molecule has 0 aromatic heterocycles. The van der Waals surface area contributed by atoms with E-state index in [0.29, 0.717) is 19.3 Å². The van der Waals surface area contributed by atoms with E-state index >= 15 is 0 Å². The molecule has 0 amide bonds. The Kier molecular flexibility index (Phi) is 63.7. The fourth-order valence-electron chi connectivity index (χ4n) is 9.50. The molecular formula is C73H126O6. The van der Waals surface area contributed by atoms with Crippen molar-refractivity contribution >= 4 is 17.9 Å². The second-order valence-electron chi connectivity index (χ2n) is 22.3. The van der Waals surface area contributed by atoms with E-state index < -0.39 is 6.10 Å². The predicted molar refractivity (Wildman–Crippen MR) is 344 cm³/mol. The minimum absolute atomic E-state index is 0.0822. The number of unbranched alkanes of at least 4 members (excludes halogenated alkanes) is 34. The summed E-state index contributed by atoms with van der Waals surface area (Å²) in [5.74, 6) is -0.888. The fraction of sp³-hybridized carbons (Fsp3) is 0.740. The Morgan fingerprint density at radius 1 is 0.266 bits per heavy atom. The average Bonchev–Trinajstić information content (AvgIpc) is 3.45. The number of carbonyl (C=O) groups is 3. The second-order valence-corrected chi connectivity index (χ2v) is 22.3. The summed E-state index contributed by atoms with van der Waals surface area (Å²) < 4.78 is 16.9. The van der Waals surface area contributed by atoms with Gasteiger partial charge in [0.2, 0.25) is 0 Å². The lowest BCUT2D eigenvalue weighted by atomic mass is 10.0. The van der Waals surface area contributed by atoms with E-state index in [1.165, 1.54) is 173 Å². The lowest BCUT2D eigenvalue weighted by Crippen LogP contribution is -2.30. The molecule has 79 heavy (non-hydrogen) atoms. The summed E-state index contributed by atoms with van der Waals surface area (Å²) in [6.45, 7) is 6.53. The van der Waals surface area contributed by atoms with Crippen LogP contribution in [0.3, 0.4) is 0 Å². The summed E-state index contributed by atoms with van der Waals surface area (Å²) in [5, 5.41) is 0. The molecule has 0 saturated heterocycles. The average molecular weight is 1100 g/mol. The van der Waals surface area contributed by atoms with E-state index in [1.54, 1.807) is 0 Å². The van der Waals surface area contributed by atoms with E-state index in [9.17, 15) is 14.4 Å². The molecule has 0 radical (unpaired) electrons. The SMILES string of the molecule is CC/C=C\C/C=C\C/C=C\C/C=C\C/C=C\C/C=C\CCCCCCCCCCCCCCC(=O)OCC(COC(=O)CCCCCCC/C=C\CCCCCCCC)OC(=O)CCCCCCC/C=C\CCCCCCCC. The third-order valence-corrected chi connectivity index (χ3v) is 14.5. The van der Waals surface area contributed by atoms with Gasteiger partial charge in [-0.05, 0) is 122 Å². The Labute approximate surface area is 489 Å². The van der Waals surface area contributed by atoms with Gasteiger partial charge in [-0.15, -0.1) is 0 Å². The molecule has 0 aromatic rings. The molecule has 0 heterocycles. The van der Waals surface area contributed by atoms with Gasteiger partial charge in [0.1, 0.15) is 13.2 Å². The first-order chi connectivity index (χ1) is 39.0. The Morgan fingerprint density at radius 2 is 0.494 bits per heavy atom. The number of ether oxygens (including phenoxy) is 3. The van der Waals surface area contributed by atoms with Crippen LogP contribution in [-0.4, -0.2) is 37.2 Å². The van der Waals surface area contributed by atoms with Crippen molar-refractivity contribution in [1.82, 2.24) is 0 Å². The highest BCUT2D eigenvalue weighted by Crippen LogP contribution is 2.16. The third-order valence-electron chi connectivity index (χ3n) is 14.5. The van der Waals surface area contributed by atoms with Crippen LogP contribution in [0.2, 0.25) is 0 Å². The van der Waals surface area contributed by atoms with Crippen LogP contribution in [0.4, 0.5) is 0 Å². The molecule has 454 valence electrons.